The normalized spacial score (nSPS) is 12.2. The van der Waals surface area contributed by atoms with Gasteiger partial charge in [0.15, 0.2) is 0 Å². The molecule has 10 heteroatoms. The van der Waals surface area contributed by atoms with E-state index in [2.05, 4.69) is 5.32 Å². The summed E-state index contributed by atoms with van der Waals surface area (Å²) in [7, 11) is -2.41. The van der Waals surface area contributed by atoms with Gasteiger partial charge in [-0.05, 0) is 50.1 Å². The van der Waals surface area contributed by atoms with E-state index in [-0.39, 0.29) is 24.2 Å². The molecule has 34 heavy (non-hydrogen) atoms. The second-order valence-corrected chi connectivity index (χ2v) is 10.5. The van der Waals surface area contributed by atoms with Gasteiger partial charge in [-0.1, -0.05) is 42.8 Å². The van der Waals surface area contributed by atoms with E-state index in [1.807, 2.05) is 13.8 Å². The number of ether oxygens (including phenoxy) is 1. The number of para-hydroxylation sites is 2. The molecule has 0 bridgehead atoms. The van der Waals surface area contributed by atoms with Crippen molar-refractivity contribution in [2.45, 2.75) is 45.8 Å². The summed E-state index contributed by atoms with van der Waals surface area (Å²) < 4.78 is 31.7. The molecular formula is C24H32ClN3O5S. The standard InChI is InChI=1S/C24H32ClN3O5S/c1-6-20(24(30)26-17(2)3)27(15-18-11-13-19(25)14-12-18)23(29)16-28(34(5,31)32)21-9-7-8-10-22(21)33-4/h7-14,17,20H,6,15-16H2,1-5H3,(H,26,30)/t20-/m1/s1. The van der Waals surface area contributed by atoms with Crippen LogP contribution in [0.2, 0.25) is 5.02 Å². The van der Waals surface area contributed by atoms with E-state index in [9.17, 15) is 18.0 Å². The topological polar surface area (TPSA) is 96.0 Å². The van der Waals surface area contributed by atoms with Crippen LogP contribution in [0.3, 0.4) is 0 Å². The van der Waals surface area contributed by atoms with Crippen molar-refractivity contribution in [3.8, 4) is 5.75 Å². The van der Waals surface area contributed by atoms with Gasteiger partial charge in [-0.25, -0.2) is 8.42 Å². The summed E-state index contributed by atoms with van der Waals surface area (Å²) in [6.45, 7) is 5.11. The summed E-state index contributed by atoms with van der Waals surface area (Å²) >= 11 is 5.99. The number of benzene rings is 2. The Hall–Kier alpha value is -2.78. The number of nitrogens with one attached hydrogen (secondary N) is 1. The van der Waals surface area contributed by atoms with E-state index in [0.29, 0.717) is 17.2 Å². The first-order valence-corrected chi connectivity index (χ1v) is 13.2. The molecular weight excluding hydrogens is 478 g/mol. The first kappa shape index (κ1) is 27.5. The zero-order valence-corrected chi connectivity index (χ0v) is 21.7. The number of hydrogen-bond acceptors (Lipinski definition) is 5. The van der Waals surface area contributed by atoms with Crippen LogP contribution in [0.1, 0.15) is 32.8 Å². The third-order valence-corrected chi connectivity index (χ3v) is 6.49. The number of halogens is 1. The predicted molar refractivity (Wildman–Crippen MR) is 135 cm³/mol. The lowest BCUT2D eigenvalue weighted by molar-refractivity contribution is -0.140. The summed E-state index contributed by atoms with van der Waals surface area (Å²) in [6, 6.07) is 12.6. The molecule has 0 aliphatic carbocycles. The molecule has 0 aliphatic heterocycles. The minimum absolute atomic E-state index is 0.115. The van der Waals surface area contributed by atoms with Crippen LogP contribution < -0.4 is 14.4 Å². The number of hydrogen-bond donors (Lipinski definition) is 1. The minimum atomic E-state index is -3.84. The molecule has 1 atom stereocenters. The average molecular weight is 510 g/mol. The Morgan fingerprint density at radius 3 is 2.24 bits per heavy atom. The van der Waals surface area contributed by atoms with Gasteiger partial charge in [0, 0.05) is 17.6 Å². The fourth-order valence-electron chi connectivity index (χ4n) is 3.52. The zero-order chi connectivity index (χ0) is 25.5. The molecule has 186 valence electrons. The maximum atomic E-state index is 13.6. The maximum absolute atomic E-state index is 13.6. The lowest BCUT2D eigenvalue weighted by Gasteiger charge is -2.33. The SMILES string of the molecule is CC[C@H](C(=O)NC(C)C)N(Cc1ccc(Cl)cc1)C(=O)CN(c1ccccc1OC)S(C)(=O)=O. The fourth-order valence-corrected chi connectivity index (χ4v) is 4.50. The quantitative estimate of drug-likeness (QED) is 0.500. The predicted octanol–water partition coefficient (Wildman–Crippen LogP) is 3.45. The fraction of sp³-hybridized carbons (Fsp3) is 0.417. The summed E-state index contributed by atoms with van der Waals surface area (Å²) in [6.07, 6.45) is 1.38. The van der Waals surface area contributed by atoms with Crippen LogP contribution in [0.15, 0.2) is 48.5 Å². The van der Waals surface area contributed by atoms with Crippen molar-refractivity contribution in [3.05, 3.63) is 59.1 Å². The van der Waals surface area contributed by atoms with E-state index >= 15 is 0 Å². The third kappa shape index (κ3) is 7.36. The lowest BCUT2D eigenvalue weighted by Crippen LogP contribution is -2.53. The Morgan fingerprint density at radius 1 is 1.09 bits per heavy atom. The Morgan fingerprint density at radius 2 is 1.71 bits per heavy atom. The molecule has 0 unspecified atom stereocenters. The molecule has 2 aromatic rings. The summed E-state index contributed by atoms with van der Waals surface area (Å²) in [4.78, 5) is 28.0. The first-order valence-electron chi connectivity index (χ1n) is 10.9. The largest absolute Gasteiger partial charge is 0.495 e. The maximum Gasteiger partial charge on any atom is 0.244 e. The Balaban J connectivity index is 2.47. The highest BCUT2D eigenvalue weighted by Crippen LogP contribution is 2.29. The molecule has 0 aromatic heterocycles. The Kier molecular flexibility index (Phi) is 9.76. The number of rotatable bonds is 11. The summed E-state index contributed by atoms with van der Waals surface area (Å²) in [5.74, 6) is -0.505. The number of carbonyl (C=O) groups is 2. The monoisotopic (exact) mass is 509 g/mol. The van der Waals surface area contributed by atoms with Crippen molar-refractivity contribution >= 4 is 39.1 Å². The first-order chi connectivity index (χ1) is 16.0. The molecule has 8 nitrogen and oxygen atoms in total. The van der Waals surface area contributed by atoms with Crippen LogP contribution in [0.5, 0.6) is 5.75 Å². The zero-order valence-electron chi connectivity index (χ0n) is 20.1. The lowest BCUT2D eigenvalue weighted by atomic mass is 10.1. The highest BCUT2D eigenvalue weighted by Gasteiger charge is 2.32. The van der Waals surface area contributed by atoms with Crippen LogP contribution in [-0.4, -0.2) is 57.1 Å². The second kappa shape index (κ2) is 12.1. The van der Waals surface area contributed by atoms with Crippen LogP contribution >= 0.6 is 11.6 Å². The van der Waals surface area contributed by atoms with Gasteiger partial charge < -0.3 is 15.0 Å². The Bertz CT molecular complexity index is 1090. The van der Waals surface area contributed by atoms with Gasteiger partial charge in [-0.15, -0.1) is 0 Å². The molecule has 2 aromatic carbocycles. The molecule has 0 saturated heterocycles. The van der Waals surface area contributed by atoms with Gasteiger partial charge in [-0.2, -0.15) is 0 Å². The van der Waals surface area contributed by atoms with E-state index in [1.54, 1.807) is 55.5 Å². The minimum Gasteiger partial charge on any atom is -0.495 e. The molecule has 0 saturated carbocycles. The van der Waals surface area contributed by atoms with Gasteiger partial charge in [0.25, 0.3) is 0 Å². The van der Waals surface area contributed by atoms with Crippen LogP contribution in [-0.2, 0) is 26.2 Å². The molecule has 0 spiro atoms. The summed E-state index contributed by atoms with van der Waals surface area (Å²) in [5.41, 5.74) is 1.00. The van der Waals surface area contributed by atoms with E-state index in [1.165, 1.54) is 12.0 Å². The van der Waals surface area contributed by atoms with Crippen molar-refractivity contribution in [2.75, 3.05) is 24.2 Å². The average Bonchev–Trinajstić information content (AvgIpc) is 2.77. The molecule has 0 aliphatic rings. The second-order valence-electron chi connectivity index (χ2n) is 8.18. The van der Waals surface area contributed by atoms with Crippen molar-refractivity contribution in [1.29, 1.82) is 0 Å². The highest BCUT2D eigenvalue weighted by molar-refractivity contribution is 7.92. The van der Waals surface area contributed by atoms with Crippen molar-refractivity contribution < 1.29 is 22.7 Å². The van der Waals surface area contributed by atoms with Gasteiger partial charge in [-0.3, -0.25) is 13.9 Å². The van der Waals surface area contributed by atoms with Gasteiger partial charge in [0.05, 0.1) is 19.1 Å². The van der Waals surface area contributed by atoms with Gasteiger partial charge >= 0.3 is 0 Å². The molecule has 0 radical (unpaired) electrons. The number of amides is 2. The van der Waals surface area contributed by atoms with E-state index in [4.69, 9.17) is 16.3 Å². The van der Waals surface area contributed by atoms with Crippen LogP contribution in [0.4, 0.5) is 5.69 Å². The summed E-state index contributed by atoms with van der Waals surface area (Å²) in [5, 5.41) is 3.40. The molecule has 2 rings (SSSR count). The number of carbonyl (C=O) groups excluding carboxylic acids is 2. The van der Waals surface area contributed by atoms with E-state index in [0.717, 1.165) is 16.1 Å². The third-order valence-electron chi connectivity index (χ3n) is 5.12. The number of nitrogens with zero attached hydrogens (tertiary/aromatic N) is 2. The molecule has 2 amide bonds. The van der Waals surface area contributed by atoms with E-state index < -0.39 is 28.5 Å². The van der Waals surface area contributed by atoms with Gasteiger partial charge in [0.1, 0.15) is 18.3 Å². The van der Waals surface area contributed by atoms with Crippen LogP contribution in [0, 0.1) is 0 Å². The van der Waals surface area contributed by atoms with Gasteiger partial charge in [0.2, 0.25) is 21.8 Å². The Labute approximate surface area is 206 Å². The number of methoxy groups -OCH3 is 1. The van der Waals surface area contributed by atoms with Crippen LogP contribution in [0.25, 0.3) is 0 Å². The molecule has 0 fully saturated rings. The molecule has 1 N–H and O–H groups in total. The van der Waals surface area contributed by atoms with Crippen molar-refractivity contribution in [3.63, 3.8) is 0 Å². The highest BCUT2D eigenvalue weighted by atomic mass is 35.5. The van der Waals surface area contributed by atoms with Crippen molar-refractivity contribution in [1.82, 2.24) is 10.2 Å². The van der Waals surface area contributed by atoms with Crippen molar-refractivity contribution in [2.24, 2.45) is 0 Å². The number of sulfonamides is 1. The number of anilines is 1. The smallest absolute Gasteiger partial charge is 0.244 e. The molecule has 0 heterocycles.